The lowest BCUT2D eigenvalue weighted by Gasteiger charge is -2.26. The van der Waals surface area contributed by atoms with Gasteiger partial charge in [-0.1, -0.05) is 40.2 Å². The average Bonchev–Trinajstić information content (AvgIpc) is 2.10. The Balaban J connectivity index is 4.50. The molecule has 0 aliphatic heterocycles. The second-order valence-electron chi connectivity index (χ2n) is 4.28. The molecule has 0 heterocycles. The lowest BCUT2D eigenvalue weighted by Crippen LogP contribution is -2.35. The predicted octanol–water partition coefficient (Wildman–Crippen LogP) is 3.09. The van der Waals surface area contributed by atoms with Crippen LogP contribution in [0.15, 0.2) is 24.3 Å². The van der Waals surface area contributed by atoms with E-state index in [4.69, 9.17) is 9.53 Å². The first-order chi connectivity index (χ1) is 6.90. The summed E-state index contributed by atoms with van der Waals surface area (Å²) in [6, 6.07) is 0. The van der Waals surface area contributed by atoms with Crippen LogP contribution in [0.5, 0.6) is 0 Å². The largest absolute Gasteiger partial charge is 0.410 e. The van der Waals surface area contributed by atoms with E-state index in [1.165, 1.54) is 0 Å². The first kappa shape index (κ1) is 15.1. The maximum atomic E-state index is 8.76. The molecule has 15 heavy (non-hydrogen) atoms. The van der Waals surface area contributed by atoms with Crippen LogP contribution in [0.2, 0.25) is 19.6 Å². The fourth-order valence-corrected chi connectivity index (χ4v) is 2.94. The average molecular weight is 293 g/mol. The van der Waals surface area contributed by atoms with Crippen molar-refractivity contribution in [2.75, 3.05) is 6.61 Å². The molecule has 2 nitrogen and oxygen atoms in total. The van der Waals surface area contributed by atoms with E-state index in [0.717, 1.165) is 0 Å². The molecule has 0 saturated heterocycles. The molecule has 0 aromatic heterocycles. The molecule has 0 spiro atoms. The van der Waals surface area contributed by atoms with Gasteiger partial charge in [0.2, 0.25) is 0 Å². The first-order valence-electron chi connectivity index (χ1n) is 5.13. The van der Waals surface area contributed by atoms with Crippen LogP contribution < -0.4 is 0 Å². The lowest BCUT2D eigenvalue weighted by atomic mass is 10.2. The smallest absolute Gasteiger partial charge is 0.184 e. The Morgan fingerprint density at radius 1 is 1.33 bits per heavy atom. The standard InChI is InChI=1S/C11H21BrO2Si/c1-5-7-10(12)11(8-6-9-13)14-15(2,3)4/h5-8,10-11,13H,9H2,1-4H3/b7-5?,8-6-. The van der Waals surface area contributed by atoms with Gasteiger partial charge in [0.1, 0.15) is 0 Å². The number of halogens is 1. The maximum absolute atomic E-state index is 8.76. The number of hydrogen-bond donors (Lipinski definition) is 1. The third kappa shape index (κ3) is 7.96. The van der Waals surface area contributed by atoms with Crippen molar-refractivity contribution in [2.24, 2.45) is 0 Å². The molecular weight excluding hydrogens is 272 g/mol. The SMILES string of the molecule is CC=CC(Br)C(/C=C\CO)O[Si](C)(C)C. The minimum Gasteiger partial charge on any atom is -0.410 e. The monoisotopic (exact) mass is 292 g/mol. The van der Waals surface area contributed by atoms with Crippen molar-refractivity contribution in [3.05, 3.63) is 24.3 Å². The van der Waals surface area contributed by atoms with Gasteiger partial charge in [-0.25, -0.2) is 0 Å². The van der Waals surface area contributed by atoms with Crippen LogP contribution >= 0.6 is 15.9 Å². The van der Waals surface area contributed by atoms with Crippen LogP contribution in [0.3, 0.4) is 0 Å². The van der Waals surface area contributed by atoms with E-state index in [1.807, 2.05) is 25.2 Å². The molecule has 0 aromatic carbocycles. The molecule has 1 N–H and O–H groups in total. The summed E-state index contributed by atoms with van der Waals surface area (Å²) in [5, 5.41) is 8.76. The van der Waals surface area contributed by atoms with E-state index in [2.05, 4.69) is 35.6 Å². The summed E-state index contributed by atoms with van der Waals surface area (Å²) in [6.07, 6.45) is 7.68. The summed E-state index contributed by atoms with van der Waals surface area (Å²) in [5.74, 6) is 0. The van der Waals surface area contributed by atoms with E-state index in [-0.39, 0.29) is 17.5 Å². The number of allylic oxidation sites excluding steroid dienone is 1. The highest BCUT2D eigenvalue weighted by atomic mass is 79.9. The van der Waals surface area contributed by atoms with Gasteiger partial charge in [0, 0.05) is 0 Å². The number of rotatable bonds is 6. The normalized spacial score (nSPS) is 17.5. The quantitative estimate of drug-likeness (QED) is 0.463. The Morgan fingerprint density at radius 2 is 1.93 bits per heavy atom. The fraction of sp³-hybridized carbons (Fsp3) is 0.636. The van der Waals surface area contributed by atoms with Crippen LogP contribution in [-0.2, 0) is 4.43 Å². The third-order valence-corrected chi connectivity index (χ3v) is 3.42. The highest BCUT2D eigenvalue weighted by molar-refractivity contribution is 9.09. The minimum atomic E-state index is -1.56. The summed E-state index contributed by atoms with van der Waals surface area (Å²) in [4.78, 5) is 0.164. The number of alkyl halides is 1. The number of aliphatic hydroxyl groups excluding tert-OH is 1. The van der Waals surface area contributed by atoms with Gasteiger partial charge in [-0.2, -0.15) is 0 Å². The summed E-state index contributed by atoms with van der Waals surface area (Å²) >= 11 is 3.56. The predicted molar refractivity (Wildman–Crippen MR) is 72.0 cm³/mol. The molecule has 0 amide bonds. The van der Waals surface area contributed by atoms with Gasteiger partial charge in [-0.05, 0) is 26.6 Å². The molecule has 0 bridgehead atoms. The van der Waals surface area contributed by atoms with Crippen molar-refractivity contribution in [1.29, 1.82) is 0 Å². The van der Waals surface area contributed by atoms with Crippen molar-refractivity contribution < 1.29 is 9.53 Å². The summed E-state index contributed by atoms with van der Waals surface area (Å²) < 4.78 is 6.00. The molecular formula is C11H21BrO2Si. The second kappa shape index (κ2) is 7.38. The molecule has 4 heteroatoms. The molecule has 0 aliphatic carbocycles. The van der Waals surface area contributed by atoms with Crippen molar-refractivity contribution >= 4 is 24.2 Å². The minimum absolute atomic E-state index is 0.0000154. The first-order valence-corrected chi connectivity index (χ1v) is 9.45. The van der Waals surface area contributed by atoms with Gasteiger partial charge in [0.25, 0.3) is 0 Å². The van der Waals surface area contributed by atoms with E-state index in [9.17, 15) is 0 Å². The zero-order valence-corrected chi connectivity index (χ0v) is 12.5. The van der Waals surface area contributed by atoms with Gasteiger partial charge in [-0.15, -0.1) is 0 Å². The van der Waals surface area contributed by atoms with Crippen LogP contribution in [0.4, 0.5) is 0 Å². The molecule has 88 valence electrons. The molecule has 2 unspecified atom stereocenters. The Bertz CT molecular complexity index is 221. The van der Waals surface area contributed by atoms with E-state index < -0.39 is 8.32 Å². The van der Waals surface area contributed by atoms with E-state index in [1.54, 1.807) is 6.08 Å². The number of aliphatic hydroxyl groups is 1. The third-order valence-electron chi connectivity index (χ3n) is 1.61. The van der Waals surface area contributed by atoms with Crippen LogP contribution in [0.25, 0.3) is 0 Å². The topological polar surface area (TPSA) is 29.5 Å². The summed E-state index contributed by atoms with van der Waals surface area (Å²) in [6.45, 7) is 8.50. The van der Waals surface area contributed by atoms with E-state index in [0.29, 0.717) is 0 Å². The summed E-state index contributed by atoms with van der Waals surface area (Å²) in [7, 11) is -1.56. The van der Waals surface area contributed by atoms with Crippen molar-refractivity contribution in [1.82, 2.24) is 0 Å². The van der Waals surface area contributed by atoms with Crippen LogP contribution in [0.1, 0.15) is 6.92 Å². The fourth-order valence-electron chi connectivity index (χ4n) is 1.11. The van der Waals surface area contributed by atoms with Gasteiger partial charge in [0.15, 0.2) is 8.32 Å². The van der Waals surface area contributed by atoms with Gasteiger partial charge in [-0.3, -0.25) is 0 Å². The molecule has 0 aromatic rings. The zero-order valence-electron chi connectivity index (χ0n) is 9.90. The highest BCUT2D eigenvalue weighted by Crippen LogP contribution is 2.18. The van der Waals surface area contributed by atoms with Crippen molar-refractivity contribution in [2.45, 2.75) is 37.5 Å². The Morgan fingerprint density at radius 3 is 2.33 bits per heavy atom. The van der Waals surface area contributed by atoms with Crippen molar-refractivity contribution in [3.63, 3.8) is 0 Å². The van der Waals surface area contributed by atoms with Gasteiger partial charge >= 0.3 is 0 Å². The highest BCUT2D eigenvalue weighted by Gasteiger charge is 2.23. The number of hydrogen-bond acceptors (Lipinski definition) is 2. The van der Waals surface area contributed by atoms with E-state index >= 15 is 0 Å². The molecule has 0 saturated carbocycles. The molecule has 0 rings (SSSR count). The Labute approximate surface area is 102 Å². The second-order valence-corrected chi connectivity index (χ2v) is 9.79. The molecule has 0 fully saturated rings. The Hall–Kier alpha value is 0.0969. The van der Waals surface area contributed by atoms with Crippen molar-refractivity contribution in [3.8, 4) is 0 Å². The molecule has 2 atom stereocenters. The molecule has 0 aliphatic rings. The Kier molecular flexibility index (Phi) is 7.43. The van der Waals surface area contributed by atoms with Crippen LogP contribution in [-0.4, -0.2) is 31.0 Å². The maximum Gasteiger partial charge on any atom is 0.184 e. The summed E-state index contributed by atoms with van der Waals surface area (Å²) in [5.41, 5.74) is 0. The van der Waals surface area contributed by atoms with Gasteiger partial charge < -0.3 is 9.53 Å². The lowest BCUT2D eigenvalue weighted by molar-refractivity contribution is 0.250. The zero-order chi connectivity index (χ0) is 11.9. The molecule has 0 radical (unpaired) electrons. The van der Waals surface area contributed by atoms with Crippen LogP contribution in [0, 0.1) is 0 Å². The van der Waals surface area contributed by atoms with Gasteiger partial charge in [0.05, 0.1) is 17.5 Å².